The number of nitrogens with one attached hydrogen (secondary N) is 2. The highest BCUT2D eigenvalue weighted by Crippen LogP contribution is 2.24. The second-order valence-corrected chi connectivity index (χ2v) is 5.32. The van der Waals surface area contributed by atoms with Crippen molar-refractivity contribution in [1.29, 1.82) is 0 Å². The summed E-state index contributed by atoms with van der Waals surface area (Å²) >= 11 is 1.24. The number of anilines is 2. The fraction of sp³-hybridized carbons (Fsp3) is 0.286. The molecule has 21 heavy (non-hydrogen) atoms. The van der Waals surface area contributed by atoms with Crippen molar-refractivity contribution in [2.45, 2.75) is 6.54 Å². The van der Waals surface area contributed by atoms with Gasteiger partial charge >= 0.3 is 0 Å². The van der Waals surface area contributed by atoms with Crippen LogP contribution in [0.25, 0.3) is 0 Å². The first kappa shape index (κ1) is 15.3. The number of carbonyl (C=O) groups is 1. The molecule has 0 aliphatic heterocycles. The van der Waals surface area contributed by atoms with E-state index in [4.69, 9.17) is 10.5 Å². The van der Waals surface area contributed by atoms with Gasteiger partial charge in [0.2, 0.25) is 0 Å². The number of nitrogen functional groups attached to an aromatic ring is 1. The van der Waals surface area contributed by atoms with Gasteiger partial charge in [-0.2, -0.15) is 0 Å². The molecule has 4 N–H and O–H groups in total. The number of ether oxygens (including phenoxy) is 1. The number of nitrogens with zero attached hydrogens (tertiary/aromatic N) is 1. The van der Waals surface area contributed by atoms with Crippen molar-refractivity contribution in [3.8, 4) is 0 Å². The SMILES string of the molecule is COCCNc1nc(N)c(C(=O)NCc2ccccc2)s1. The first-order valence-corrected chi connectivity index (χ1v) is 7.33. The second-order valence-electron chi connectivity index (χ2n) is 4.32. The van der Waals surface area contributed by atoms with Crippen LogP contribution in [0.2, 0.25) is 0 Å². The van der Waals surface area contributed by atoms with Gasteiger partial charge in [0.1, 0.15) is 10.7 Å². The maximum absolute atomic E-state index is 12.1. The van der Waals surface area contributed by atoms with E-state index in [1.807, 2.05) is 30.3 Å². The van der Waals surface area contributed by atoms with Crippen LogP contribution in [0.15, 0.2) is 30.3 Å². The molecule has 0 spiro atoms. The maximum atomic E-state index is 12.1. The average Bonchev–Trinajstić information content (AvgIpc) is 2.87. The van der Waals surface area contributed by atoms with Gasteiger partial charge in [-0.1, -0.05) is 41.7 Å². The summed E-state index contributed by atoms with van der Waals surface area (Å²) in [6.07, 6.45) is 0. The van der Waals surface area contributed by atoms with Crippen LogP contribution in [0.3, 0.4) is 0 Å². The molecule has 0 aliphatic carbocycles. The van der Waals surface area contributed by atoms with Crippen LogP contribution in [0.4, 0.5) is 10.9 Å². The molecular formula is C14H18N4O2S. The summed E-state index contributed by atoms with van der Waals surface area (Å²) in [5.41, 5.74) is 6.82. The van der Waals surface area contributed by atoms with E-state index in [-0.39, 0.29) is 11.7 Å². The van der Waals surface area contributed by atoms with Crippen LogP contribution in [0, 0.1) is 0 Å². The molecule has 1 aromatic heterocycles. The van der Waals surface area contributed by atoms with E-state index < -0.39 is 0 Å². The summed E-state index contributed by atoms with van der Waals surface area (Å²) in [7, 11) is 1.63. The highest BCUT2D eigenvalue weighted by atomic mass is 32.1. The van der Waals surface area contributed by atoms with Gasteiger partial charge in [0.05, 0.1) is 6.61 Å². The van der Waals surface area contributed by atoms with Crippen LogP contribution in [0.5, 0.6) is 0 Å². The van der Waals surface area contributed by atoms with Gasteiger partial charge in [-0.05, 0) is 5.56 Å². The number of methoxy groups -OCH3 is 1. The predicted molar refractivity (Wildman–Crippen MR) is 84.5 cm³/mol. The Labute approximate surface area is 127 Å². The number of benzene rings is 1. The number of aromatic nitrogens is 1. The molecule has 2 rings (SSSR count). The lowest BCUT2D eigenvalue weighted by molar-refractivity contribution is 0.0955. The highest BCUT2D eigenvalue weighted by Gasteiger charge is 2.15. The highest BCUT2D eigenvalue weighted by molar-refractivity contribution is 7.18. The Bertz CT molecular complexity index is 586. The zero-order valence-corrected chi connectivity index (χ0v) is 12.6. The van der Waals surface area contributed by atoms with E-state index in [1.165, 1.54) is 11.3 Å². The predicted octanol–water partition coefficient (Wildman–Crippen LogP) is 1.71. The Balaban J connectivity index is 1.92. The fourth-order valence-corrected chi connectivity index (χ4v) is 2.52. The lowest BCUT2D eigenvalue weighted by atomic mass is 10.2. The van der Waals surface area contributed by atoms with E-state index in [0.29, 0.717) is 29.7 Å². The van der Waals surface area contributed by atoms with E-state index in [2.05, 4.69) is 15.6 Å². The Morgan fingerprint density at radius 1 is 1.38 bits per heavy atom. The van der Waals surface area contributed by atoms with Gasteiger partial charge in [-0.15, -0.1) is 0 Å². The number of thiazole rings is 1. The lowest BCUT2D eigenvalue weighted by Crippen LogP contribution is -2.22. The Morgan fingerprint density at radius 2 is 2.14 bits per heavy atom. The molecule has 0 fully saturated rings. The average molecular weight is 306 g/mol. The van der Waals surface area contributed by atoms with E-state index in [9.17, 15) is 4.79 Å². The van der Waals surface area contributed by atoms with Crippen molar-refractivity contribution in [2.24, 2.45) is 0 Å². The summed E-state index contributed by atoms with van der Waals surface area (Å²) in [4.78, 5) is 16.7. The Hall–Kier alpha value is -2.12. The van der Waals surface area contributed by atoms with Crippen LogP contribution < -0.4 is 16.4 Å². The second kappa shape index (κ2) is 7.61. The van der Waals surface area contributed by atoms with Crippen molar-refractivity contribution in [3.05, 3.63) is 40.8 Å². The van der Waals surface area contributed by atoms with Gasteiger partial charge in [0.15, 0.2) is 5.13 Å². The summed E-state index contributed by atoms with van der Waals surface area (Å²) in [5, 5.41) is 6.51. The van der Waals surface area contributed by atoms with Crippen molar-refractivity contribution in [2.75, 3.05) is 31.3 Å². The molecule has 0 saturated heterocycles. The number of hydrogen-bond acceptors (Lipinski definition) is 6. The van der Waals surface area contributed by atoms with E-state index in [0.717, 1.165) is 5.56 Å². The summed E-state index contributed by atoms with van der Waals surface area (Å²) in [6.45, 7) is 1.65. The molecule has 1 aromatic carbocycles. The summed E-state index contributed by atoms with van der Waals surface area (Å²) in [5.74, 6) is 0.0270. The smallest absolute Gasteiger partial charge is 0.265 e. The van der Waals surface area contributed by atoms with Crippen molar-refractivity contribution in [3.63, 3.8) is 0 Å². The van der Waals surface area contributed by atoms with Crippen molar-refractivity contribution < 1.29 is 9.53 Å². The van der Waals surface area contributed by atoms with Crippen LogP contribution in [-0.4, -0.2) is 31.2 Å². The third kappa shape index (κ3) is 4.44. The molecule has 0 atom stereocenters. The fourth-order valence-electron chi connectivity index (χ4n) is 1.69. The molecule has 112 valence electrons. The third-order valence-electron chi connectivity index (χ3n) is 2.74. The first-order chi connectivity index (χ1) is 10.2. The van der Waals surface area contributed by atoms with E-state index >= 15 is 0 Å². The van der Waals surface area contributed by atoms with Gasteiger partial charge in [-0.25, -0.2) is 4.98 Å². The molecule has 0 saturated carbocycles. The van der Waals surface area contributed by atoms with E-state index in [1.54, 1.807) is 7.11 Å². The van der Waals surface area contributed by atoms with Gasteiger partial charge in [0.25, 0.3) is 5.91 Å². The van der Waals surface area contributed by atoms with Crippen LogP contribution in [0.1, 0.15) is 15.2 Å². The van der Waals surface area contributed by atoms with Crippen LogP contribution >= 0.6 is 11.3 Å². The van der Waals surface area contributed by atoms with Gasteiger partial charge in [0, 0.05) is 20.2 Å². The molecule has 1 heterocycles. The summed E-state index contributed by atoms with van der Waals surface area (Å²) in [6, 6.07) is 9.70. The Kier molecular flexibility index (Phi) is 5.53. The molecule has 0 radical (unpaired) electrons. The Morgan fingerprint density at radius 3 is 2.86 bits per heavy atom. The summed E-state index contributed by atoms with van der Waals surface area (Å²) < 4.78 is 4.94. The number of carbonyl (C=O) groups excluding carboxylic acids is 1. The van der Waals surface area contributed by atoms with Crippen LogP contribution in [-0.2, 0) is 11.3 Å². The zero-order valence-electron chi connectivity index (χ0n) is 11.8. The topological polar surface area (TPSA) is 89.3 Å². The third-order valence-corrected chi connectivity index (χ3v) is 3.77. The molecule has 6 nitrogen and oxygen atoms in total. The lowest BCUT2D eigenvalue weighted by Gasteiger charge is -2.03. The number of nitrogens with two attached hydrogens (primary N) is 1. The molecule has 1 amide bonds. The minimum Gasteiger partial charge on any atom is -0.383 e. The minimum absolute atomic E-state index is 0.214. The molecule has 7 heteroatoms. The minimum atomic E-state index is -0.214. The van der Waals surface area contributed by atoms with Gasteiger partial charge in [-0.3, -0.25) is 4.79 Å². The first-order valence-electron chi connectivity index (χ1n) is 6.52. The molecule has 0 bridgehead atoms. The molecule has 2 aromatic rings. The van der Waals surface area contributed by atoms with Crippen molar-refractivity contribution >= 4 is 28.2 Å². The molecule has 0 unspecified atom stereocenters. The number of rotatable bonds is 7. The molecular weight excluding hydrogens is 288 g/mol. The van der Waals surface area contributed by atoms with Gasteiger partial charge < -0.3 is 21.1 Å². The monoisotopic (exact) mass is 306 g/mol. The quantitative estimate of drug-likeness (QED) is 0.678. The van der Waals surface area contributed by atoms with Crippen molar-refractivity contribution in [1.82, 2.24) is 10.3 Å². The maximum Gasteiger partial charge on any atom is 0.265 e. The largest absolute Gasteiger partial charge is 0.383 e. The number of amides is 1. The molecule has 0 aliphatic rings. The normalized spacial score (nSPS) is 10.3. The number of hydrogen-bond donors (Lipinski definition) is 3. The standard InChI is InChI=1S/C14H18N4O2S/c1-20-8-7-16-14-18-12(15)11(21-14)13(19)17-9-10-5-3-2-4-6-10/h2-6H,7-9,15H2,1H3,(H,16,18)(H,17,19). The zero-order chi connectivity index (χ0) is 15.1.